The Bertz CT molecular complexity index is 333. The monoisotopic (exact) mass is 192 g/mol. The van der Waals surface area contributed by atoms with E-state index < -0.39 is 5.97 Å². The molecule has 0 saturated carbocycles. The van der Waals surface area contributed by atoms with Crippen LogP contribution in [0.1, 0.15) is 12.5 Å². The zero-order chi connectivity index (χ0) is 10.4. The van der Waals surface area contributed by atoms with Crippen molar-refractivity contribution in [1.82, 2.24) is 4.98 Å². The van der Waals surface area contributed by atoms with Gasteiger partial charge in [-0.05, 0) is 19.1 Å². The van der Waals surface area contributed by atoms with Crippen LogP contribution in [0.2, 0.25) is 0 Å². The summed E-state index contributed by atoms with van der Waals surface area (Å²) in [6, 6.07) is 3.53. The van der Waals surface area contributed by atoms with Crippen molar-refractivity contribution in [2.24, 2.45) is 5.73 Å². The quantitative estimate of drug-likeness (QED) is 0.572. The standard InChI is InChI=1S/C10H12N2O2/c1-2-14-10(13)6-9(11)8-4-3-5-12-7-8/h3-7H,2,11H2,1H3/b9-6-. The zero-order valence-electron chi connectivity index (χ0n) is 7.93. The molecule has 1 heterocycles. The van der Waals surface area contributed by atoms with Gasteiger partial charge in [-0.1, -0.05) is 0 Å². The van der Waals surface area contributed by atoms with Gasteiger partial charge in [-0.25, -0.2) is 4.79 Å². The molecule has 0 spiro atoms. The van der Waals surface area contributed by atoms with Gasteiger partial charge in [0.05, 0.1) is 6.61 Å². The Morgan fingerprint density at radius 3 is 3.07 bits per heavy atom. The molecule has 0 fully saturated rings. The first-order valence-corrected chi connectivity index (χ1v) is 4.28. The predicted molar refractivity (Wildman–Crippen MR) is 53.0 cm³/mol. The van der Waals surface area contributed by atoms with Gasteiger partial charge in [0.1, 0.15) is 0 Å². The van der Waals surface area contributed by atoms with Gasteiger partial charge >= 0.3 is 5.97 Å². The van der Waals surface area contributed by atoms with Crippen LogP contribution in [0.15, 0.2) is 30.6 Å². The van der Waals surface area contributed by atoms with E-state index in [2.05, 4.69) is 4.98 Å². The molecule has 0 aliphatic carbocycles. The van der Waals surface area contributed by atoms with Crippen LogP contribution in [-0.2, 0) is 9.53 Å². The fraction of sp³-hybridized carbons (Fsp3) is 0.200. The molecule has 0 aliphatic heterocycles. The third-order valence-electron chi connectivity index (χ3n) is 1.55. The highest BCUT2D eigenvalue weighted by atomic mass is 16.5. The molecule has 0 atom stereocenters. The van der Waals surface area contributed by atoms with Crippen molar-refractivity contribution in [2.45, 2.75) is 6.92 Å². The fourth-order valence-electron chi connectivity index (χ4n) is 0.928. The van der Waals surface area contributed by atoms with Gasteiger partial charge < -0.3 is 10.5 Å². The Labute approximate surface area is 82.4 Å². The Kier molecular flexibility index (Phi) is 3.67. The van der Waals surface area contributed by atoms with E-state index in [0.717, 1.165) is 0 Å². The molecular formula is C10H12N2O2. The molecule has 0 radical (unpaired) electrons. The topological polar surface area (TPSA) is 65.2 Å². The second-order valence-corrected chi connectivity index (χ2v) is 2.59. The lowest BCUT2D eigenvalue weighted by molar-refractivity contribution is -0.137. The lowest BCUT2D eigenvalue weighted by Gasteiger charge is -2.00. The maximum absolute atomic E-state index is 11.0. The summed E-state index contributed by atoms with van der Waals surface area (Å²) in [5, 5.41) is 0. The summed E-state index contributed by atoms with van der Waals surface area (Å²) in [5.41, 5.74) is 6.71. The number of nitrogens with two attached hydrogens (primary N) is 1. The van der Waals surface area contributed by atoms with Crippen LogP contribution in [0, 0.1) is 0 Å². The lowest BCUT2D eigenvalue weighted by atomic mass is 10.2. The highest BCUT2D eigenvalue weighted by Crippen LogP contribution is 2.05. The van der Waals surface area contributed by atoms with Crippen LogP contribution in [0.3, 0.4) is 0 Å². The molecule has 1 rings (SSSR count). The van der Waals surface area contributed by atoms with E-state index in [4.69, 9.17) is 10.5 Å². The Hall–Kier alpha value is -1.84. The van der Waals surface area contributed by atoms with Crippen LogP contribution in [-0.4, -0.2) is 17.6 Å². The van der Waals surface area contributed by atoms with Crippen LogP contribution >= 0.6 is 0 Å². The number of hydrogen-bond acceptors (Lipinski definition) is 4. The number of aromatic nitrogens is 1. The van der Waals surface area contributed by atoms with Crippen molar-refractivity contribution in [3.63, 3.8) is 0 Å². The Morgan fingerprint density at radius 2 is 2.50 bits per heavy atom. The minimum atomic E-state index is -0.436. The van der Waals surface area contributed by atoms with Crippen LogP contribution in [0.5, 0.6) is 0 Å². The number of esters is 1. The van der Waals surface area contributed by atoms with Crippen molar-refractivity contribution in [1.29, 1.82) is 0 Å². The van der Waals surface area contributed by atoms with Gasteiger partial charge in [0, 0.05) is 29.7 Å². The minimum Gasteiger partial charge on any atom is -0.463 e. The summed E-state index contributed by atoms with van der Waals surface area (Å²) in [5.74, 6) is -0.436. The summed E-state index contributed by atoms with van der Waals surface area (Å²) < 4.78 is 4.72. The zero-order valence-corrected chi connectivity index (χ0v) is 7.93. The number of nitrogens with zero attached hydrogens (tertiary/aromatic N) is 1. The number of rotatable bonds is 3. The molecule has 0 bridgehead atoms. The van der Waals surface area contributed by atoms with Gasteiger partial charge in [0.25, 0.3) is 0 Å². The van der Waals surface area contributed by atoms with Gasteiger partial charge in [0.2, 0.25) is 0 Å². The molecule has 1 aromatic rings. The predicted octanol–water partition coefficient (Wildman–Crippen LogP) is 0.944. The van der Waals surface area contributed by atoms with Gasteiger partial charge in [-0.2, -0.15) is 0 Å². The number of carbonyl (C=O) groups is 1. The number of pyridine rings is 1. The van der Waals surface area contributed by atoms with Crippen molar-refractivity contribution in [3.8, 4) is 0 Å². The van der Waals surface area contributed by atoms with E-state index in [1.807, 2.05) is 0 Å². The minimum absolute atomic E-state index is 0.343. The molecule has 0 saturated heterocycles. The number of carbonyl (C=O) groups excluding carboxylic acids is 1. The van der Waals surface area contributed by atoms with E-state index in [-0.39, 0.29) is 0 Å². The molecule has 74 valence electrons. The summed E-state index contributed by atoms with van der Waals surface area (Å²) in [6.45, 7) is 2.08. The Balaban J connectivity index is 2.75. The largest absolute Gasteiger partial charge is 0.463 e. The molecule has 0 aliphatic rings. The lowest BCUT2D eigenvalue weighted by Crippen LogP contribution is -2.05. The van der Waals surface area contributed by atoms with E-state index in [9.17, 15) is 4.79 Å². The summed E-state index contributed by atoms with van der Waals surface area (Å²) in [7, 11) is 0. The molecule has 0 aromatic carbocycles. The van der Waals surface area contributed by atoms with Crippen molar-refractivity contribution < 1.29 is 9.53 Å². The second-order valence-electron chi connectivity index (χ2n) is 2.59. The SMILES string of the molecule is CCOC(=O)/C=C(\N)c1cccnc1. The normalized spacial score (nSPS) is 11.1. The average Bonchev–Trinajstić information content (AvgIpc) is 2.19. The van der Waals surface area contributed by atoms with Crippen molar-refractivity contribution in [3.05, 3.63) is 36.2 Å². The van der Waals surface area contributed by atoms with Crippen molar-refractivity contribution >= 4 is 11.7 Å². The third kappa shape index (κ3) is 2.90. The molecule has 0 unspecified atom stereocenters. The number of ether oxygens (including phenoxy) is 1. The molecule has 2 N–H and O–H groups in total. The molecule has 4 heteroatoms. The second kappa shape index (κ2) is 5.01. The van der Waals surface area contributed by atoms with Gasteiger partial charge in [-0.15, -0.1) is 0 Å². The molecule has 4 nitrogen and oxygen atoms in total. The van der Waals surface area contributed by atoms with E-state index in [1.165, 1.54) is 6.08 Å². The van der Waals surface area contributed by atoms with E-state index in [0.29, 0.717) is 17.9 Å². The van der Waals surface area contributed by atoms with Gasteiger partial charge in [-0.3, -0.25) is 4.98 Å². The van der Waals surface area contributed by atoms with Crippen LogP contribution < -0.4 is 5.73 Å². The number of hydrogen-bond donors (Lipinski definition) is 1. The summed E-state index contributed by atoms with van der Waals surface area (Å²) in [6.07, 6.45) is 4.48. The molecule has 14 heavy (non-hydrogen) atoms. The van der Waals surface area contributed by atoms with E-state index >= 15 is 0 Å². The maximum Gasteiger partial charge on any atom is 0.332 e. The van der Waals surface area contributed by atoms with Crippen molar-refractivity contribution in [2.75, 3.05) is 6.61 Å². The molecule has 0 amide bonds. The van der Waals surface area contributed by atoms with Gasteiger partial charge in [0.15, 0.2) is 0 Å². The highest BCUT2D eigenvalue weighted by Gasteiger charge is 2.00. The maximum atomic E-state index is 11.0. The van der Waals surface area contributed by atoms with Crippen LogP contribution in [0.25, 0.3) is 5.70 Å². The highest BCUT2D eigenvalue weighted by molar-refractivity contribution is 5.90. The summed E-state index contributed by atoms with van der Waals surface area (Å²) >= 11 is 0. The molecular weight excluding hydrogens is 180 g/mol. The third-order valence-corrected chi connectivity index (χ3v) is 1.55. The first-order chi connectivity index (χ1) is 6.74. The Morgan fingerprint density at radius 1 is 1.71 bits per heavy atom. The van der Waals surface area contributed by atoms with E-state index in [1.54, 1.807) is 31.5 Å². The summed E-state index contributed by atoms with van der Waals surface area (Å²) in [4.78, 5) is 14.9. The van der Waals surface area contributed by atoms with Crippen LogP contribution in [0.4, 0.5) is 0 Å². The molecule has 1 aromatic heterocycles. The smallest absolute Gasteiger partial charge is 0.332 e. The average molecular weight is 192 g/mol. The first-order valence-electron chi connectivity index (χ1n) is 4.28. The fourth-order valence-corrected chi connectivity index (χ4v) is 0.928. The first kappa shape index (κ1) is 10.2.